The smallest absolute Gasteiger partial charge is 0.334 e. The first-order valence-corrected chi connectivity index (χ1v) is 6.95. The molecular weight excluding hydrogens is 318 g/mol. The van der Waals surface area contributed by atoms with Crippen molar-refractivity contribution in [2.75, 3.05) is 6.61 Å². The lowest BCUT2D eigenvalue weighted by Gasteiger charge is -2.29. The fourth-order valence-corrected chi connectivity index (χ4v) is 2.93. The minimum atomic E-state index is -1.34. The van der Waals surface area contributed by atoms with Crippen molar-refractivity contribution < 1.29 is 29.5 Å². The number of carboxylic acid groups (broad SMARTS) is 2. The SMILES string of the molecule is CC1=C(C(=O)O)C(c2cccc3nonc23)C(C(=O)O)=C(CO)N1. The molecule has 1 atom stereocenters. The van der Waals surface area contributed by atoms with Gasteiger partial charge in [-0.1, -0.05) is 12.1 Å². The fraction of sp³-hybridized carbons (Fsp3) is 0.200. The lowest BCUT2D eigenvalue weighted by molar-refractivity contribution is -0.133. The number of carbonyl (C=O) groups is 2. The Balaban J connectivity index is 2.34. The molecule has 1 aliphatic heterocycles. The van der Waals surface area contributed by atoms with E-state index in [2.05, 4.69) is 20.3 Å². The van der Waals surface area contributed by atoms with E-state index in [1.54, 1.807) is 18.2 Å². The average Bonchev–Trinajstić information content (AvgIpc) is 3.01. The standard InChI is InChI=1S/C15H13N3O6/c1-6-10(14(20)21)11(12(15(22)23)9(5-19)16-6)7-3-2-4-8-13(7)18-24-17-8/h2-4,11,16,19H,5H2,1H3,(H,20,21)(H,22,23). The second kappa shape index (κ2) is 5.78. The molecule has 0 saturated carbocycles. The Morgan fingerprint density at radius 3 is 2.54 bits per heavy atom. The summed E-state index contributed by atoms with van der Waals surface area (Å²) in [7, 11) is 0. The number of aromatic nitrogens is 2. The molecule has 0 fully saturated rings. The Morgan fingerprint density at radius 2 is 1.92 bits per heavy atom. The molecule has 0 radical (unpaired) electrons. The average molecular weight is 331 g/mol. The van der Waals surface area contributed by atoms with Crippen LogP contribution in [-0.2, 0) is 9.59 Å². The van der Waals surface area contributed by atoms with Crippen LogP contribution in [-0.4, -0.2) is 44.2 Å². The van der Waals surface area contributed by atoms with Crippen molar-refractivity contribution in [2.24, 2.45) is 0 Å². The Morgan fingerprint density at radius 1 is 1.21 bits per heavy atom. The highest BCUT2D eigenvalue weighted by molar-refractivity contribution is 6.00. The summed E-state index contributed by atoms with van der Waals surface area (Å²) in [6.07, 6.45) is 0. The summed E-state index contributed by atoms with van der Waals surface area (Å²) in [5, 5.41) is 38.8. The van der Waals surface area contributed by atoms with Gasteiger partial charge in [0.05, 0.1) is 29.4 Å². The molecule has 24 heavy (non-hydrogen) atoms. The molecule has 9 nitrogen and oxygen atoms in total. The summed E-state index contributed by atoms with van der Waals surface area (Å²) >= 11 is 0. The predicted molar refractivity (Wildman–Crippen MR) is 79.8 cm³/mol. The Hall–Kier alpha value is -3.20. The zero-order valence-corrected chi connectivity index (χ0v) is 12.5. The molecule has 1 aromatic heterocycles. The Labute approximate surface area is 134 Å². The van der Waals surface area contributed by atoms with Crippen molar-refractivity contribution in [2.45, 2.75) is 12.8 Å². The first-order valence-electron chi connectivity index (χ1n) is 6.95. The largest absolute Gasteiger partial charge is 0.478 e. The molecule has 4 N–H and O–H groups in total. The molecule has 1 aliphatic rings. The van der Waals surface area contributed by atoms with Crippen molar-refractivity contribution in [3.8, 4) is 0 Å². The van der Waals surface area contributed by atoms with E-state index in [1.807, 2.05) is 0 Å². The molecule has 9 heteroatoms. The Kier molecular flexibility index (Phi) is 3.78. The minimum absolute atomic E-state index is 0.0310. The van der Waals surface area contributed by atoms with Crippen LogP contribution in [0.15, 0.2) is 45.4 Å². The van der Waals surface area contributed by atoms with Gasteiger partial charge in [0.1, 0.15) is 11.0 Å². The number of fused-ring (bicyclic) bond motifs is 1. The highest BCUT2D eigenvalue weighted by atomic mass is 16.6. The molecule has 0 bridgehead atoms. The van der Waals surface area contributed by atoms with E-state index in [0.29, 0.717) is 11.1 Å². The molecule has 1 aromatic carbocycles. The van der Waals surface area contributed by atoms with Crippen LogP contribution in [0.4, 0.5) is 0 Å². The zero-order valence-electron chi connectivity index (χ0n) is 12.5. The van der Waals surface area contributed by atoms with E-state index in [9.17, 15) is 24.9 Å². The van der Waals surface area contributed by atoms with Gasteiger partial charge in [-0.2, -0.15) is 0 Å². The van der Waals surface area contributed by atoms with Crippen LogP contribution in [0, 0.1) is 0 Å². The molecule has 124 valence electrons. The van der Waals surface area contributed by atoms with E-state index < -0.39 is 24.5 Å². The summed E-state index contributed by atoms with van der Waals surface area (Å²) in [6, 6.07) is 4.79. The quantitative estimate of drug-likeness (QED) is 0.632. The molecular formula is C15H13N3O6. The van der Waals surface area contributed by atoms with Crippen LogP contribution in [0.2, 0.25) is 0 Å². The number of dihydropyridines is 1. The van der Waals surface area contributed by atoms with E-state index >= 15 is 0 Å². The first kappa shape index (κ1) is 15.7. The summed E-state index contributed by atoms with van der Waals surface area (Å²) in [5.41, 5.74) is 0.862. The van der Waals surface area contributed by atoms with E-state index in [1.165, 1.54) is 6.92 Å². The number of aliphatic hydroxyl groups is 1. The van der Waals surface area contributed by atoms with Gasteiger partial charge in [0.25, 0.3) is 0 Å². The maximum absolute atomic E-state index is 11.8. The third kappa shape index (κ3) is 2.31. The topological polar surface area (TPSA) is 146 Å². The normalized spacial score (nSPS) is 18.0. The van der Waals surface area contributed by atoms with Crippen LogP contribution in [0.5, 0.6) is 0 Å². The van der Waals surface area contributed by atoms with Gasteiger partial charge in [-0.05, 0) is 28.9 Å². The lowest BCUT2D eigenvalue weighted by Crippen LogP contribution is -2.33. The van der Waals surface area contributed by atoms with Gasteiger partial charge in [-0.3, -0.25) is 0 Å². The number of carboxylic acids is 2. The third-order valence-electron chi connectivity index (χ3n) is 3.89. The molecule has 0 spiro atoms. The van der Waals surface area contributed by atoms with Gasteiger partial charge >= 0.3 is 11.9 Å². The van der Waals surface area contributed by atoms with Gasteiger partial charge < -0.3 is 20.6 Å². The van der Waals surface area contributed by atoms with Crippen molar-refractivity contribution >= 4 is 23.0 Å². The second-order valence-electron chi connectivity index (χ2n) is 5.24. The van der Waals surface area contributed by atoms with Crippen molar-refractivity contribution in [3.63, 3.8) is 0 Å². The van der Waals surface area contributed by atoms with Crippen LogP contribution < -0.4 is 5.32 Å². The van der Waals surface area contributed by atoms with E-state index in [4.69, 9.17) is 0 Å². The molecule has 0 aliphatic carbocycles. The molecule has 3 rings (SSSR count). The number of nitrogens with one attached hydrogen (secondary N) is 1. The molecule has 0 saturated heterocycles. The third-order valence-corrected chi connectivity index (χ3v) is 3.89. The van der Waals surface area contributed by atoms with Crippen LogP contribution in [0.3, 0.4) is 0 Å². The number of allylic oxidation sites excluding steroid dienone is 1. The van der Waals surface area contributed by atoms with E-state index in [0.717, 1.165) is 0 Å². The molecule has 0 amide bonds. The number of hydrogen-bond acceptors (Lipinski definition) is 7. The summed E-state index contributed by atoms with van der Waals surface area (Å²) in [5.74, 6) is -3.73. The maximum Gasteiger partial charge on any atom is 0.334 e. The number of aliphatic hydroxyl groups excluding tert-OH is 1. The minimum Gasteiger partial charge on any atom is -0.478 e. The Bertz CT molecular complexity index is 911. The van der Waals surface area contributed by atoms with Crippen LogP contribution in [0.25, 0.3) is 11.0 Å². The van der Waals surface area contributed by atoms with Gasteiger partial charge in [-0.25, -0.2) is 14.2 Å². The number of nitrogens with zero attached hydrogens (tertiary/aromatic N) is 2. The van der Waals surface area contributed by atoms with Gasteiger partial charge in [0.15, 0.2) is 0 Å². The molecule has 2 aromatic rings. The van der Waals surface area contributed by atoms with Gasteiger partial charge in [0.2, 0.25) is 0 Å². The monoisotopic (exact) mass is 331 g/mol. The first-order chi connectivity index (χ1) is 11.5. The maximum atomic E-state index is 11.8. The number of rotatable bonds is 4. The van der Waals surface area contributed by atoms with Crippen LogP contribution in [0.1, 0.15) is 18.4 Å². The molecule has 2 heterocycles. The number of aliphatic carboxylic acids is 2. The fourth-order valence-electron chi connectivity index (χ4n) is 2.93. The van der Waals surface area contributed by atoms with Gasteiger partial charge in [-0.15, -0.1) is 0 Å². The number of hydrogen-bond donors (Lipinski definition) is 4. The summed E-state index contributed by atoms with van der Waals surface area (Å²) in [4.78, 5) is 23.5. The van der Waals surface area contributed by atoms with Crippen molar-refractivity contribution in [1.82, 2.24) is 15.6 Å². The van der Waals surface area contributed by atoms with Crippen molar-refractivity contribution in [3.05, 3.63) is 46.3 Å². The molecule has 1 unspecified atom stereocenters. The number of benzene rings is 1. The summed E-state index contributed by atoms with van der Waals surface area (Å²) < 4.78 is 4.68. The zero-order chi connectivity index (χ0) is 17.4. The highest BCUT2D eigenvalue weighted by Gasteiger charge is 2.38. The van der Waals surface area contributed by atoms with Crippen molar-refractivity contribution in [1.29, 1.82) is 0 Å². The van der Waals surface area contributed by atoms with Crippen LogP contribution >= 0.6 is 0 Å². The van der Waals surface area contributed by atoms with E-state index in [-0.39, 0.29) is 28.1 Å². The predicted octanol–water partition coefficient (Wildman–Crippen LogP) is 0.599. The van der Waals surface area contributed by atoms with Gasteiger partial charge in [0, 0.05) is 5.70 Å². The highest BCUT2D eigenvalue weighted by Crippen LogP contribution is 2.40. The summed E-state index contributed by atoms with van der Waals surface area (Å²) in [6.45, 7) is 0.932. The second-order valence-corrected chi connectivity index (χ2v) is 5.24. The lowest BCUT2D eigenvalue weighted by atomic mass is 9.80.